The zero-order valence-corrected chi connectivity index (χ0v) is 19.3. The lowest BCUT2D eigenvalue weighted by atomic mass is 10.2. The van der Waals surface area contributed by atoms with Crippen molar-refractivity contribution in [3.63, 3.8) is 0 Å². The predicted molar refractivity (Wildman–Crippen MR) is 137 cm³/mol. The number of aromatic hydroxyl groups is 2. The fourth-order valence-electron chi connectivity index (χ4n) is 3.21. The van der Waals surface area contributed by atoms with Gasteiger partial charge in [-0.1, -0.05) is 0 Å². The van der Waals surface area contributed by atoms with Gasteiger partial charge in [-0.3, -0.25) is 9.98 Å². The monoisotopic (exact) mass is 468 g/mol. The Hall–Kier alpha value is -4.78. The van der Waals surface area contributed by atoms with Crippen LogP contribution in [-0.2, 0) is 0 Å². The lowest BCUT2D eigenvalue weighted by Gasteiger charge is -2.06. The Bertz CT molecular complexity index is 1240. The number of methoxy groups -OCH3 is 2. The van der Waals surface area contributed by atoms with E-state index in [0.29, 0.717) is 23.0 Å². The molecule has 0 bridgehead atoms. The highest BCUT2D eigenvalue weighted by Gasteiger charge is 2.03. The number of aliphatic imine (C=N–C) groups is 2. The third-order valence-corrected chi connectivity index (χ3v) is 5.04. The van der Waals surface area contributed by atoms with Crippen LogP contribution < -0.4 is 14.2 Å². The van der Waals surface area contributed by atoms with E-state index in [4.69, 9.17) is 14.2 Å². The van der Waals surface area contributed by atoms with Crippen LogP contribution in [0.1, 0.15) is 11.1 Å². The average Bonchev–Trinajstić information content (AvgIpc) is 2.88. The van der Waals surface area contributed by atoms with Crippen molar-refractivity contribution in [1.29, 1.82) is 0 Å². The summed E-state index contributed by atoms with van der Waals surface area (Å²) in [4.78, 5) is 8.84. The van der Waals surface area contributed by atoms with E-state index in [-0.39, 0.29) is 11.5 Å². The zero-order valence-electron chi connectivity index (χ0n) is 19.3. The van der Waals surface area contributed by atoms with Gasteiger partial charge in [-0.25, -0.2) is 0 Å². The van der Waals surface area contributed by atoms with E-state index in [2.05, 4.69) is 9.98 Å². The summed E-state index contributed by atoms with van der Waals surface area (Å²) in [6.45, 7) is 0. The fraction of sp³-hybridized carbons (Fsp3) is 0.0714. The molecule has 0 unspecified atom stereocenters. The summed E-state index contributed by atoms with van der Waals surface area (Å²) in [5, 5.41) is 19.7. The smallest absolute Gasteiger partial charge is 0.160 e. The fourth-order valence-corrected chi connectivity index (χ4v) is 3.21. The number of phenols is 2. The second-order valence-corrected chi connectivity index (χ2v) is 7.47. The summed E-state index contributed by atoms with van der Waals surface area (Å²) in [5.41, 5.74) is 3.02. The molecule has 0 aliphatic carbocycles. The molecule has 0 saturated carbocycles. The first-order chi connectivity index (χ1) is 17.0. The van der Waals surface area contributed by atoms with Crippen LogP contribution in [0.3, 0.4) is 0 Å². The van der Waals surface area contributed by atoms with Crippen molar-refractivity contribution in [2.75, 3.05) is 14.2 Å². The maximum atomic E-state index is 9.87. The quantitative estimate of drug-likeness (QED) is 0.292. The second-order valence-electron chi connectivity index (χ2n) is 7.47. The lowest BCUT2D eigenvalue weighted by molar-refractivity contribution is 0.373. The Balaban J connectivity index is 1.35. The van der Waals surface area contributed by atoms with Gasteiger partial charge in [0.25, 0.3) is 0 Å². The molecule has 2 N–H and O–H groups in total. The van der Waals surface area contributed by atoms with Crippen molar-refractivity contribution in [3.05, 3.63) is 96.1 Å². The number of benzene rings is 4. The Morgan fingerprint density at radius 1 is 0.571 bits per heavy atom. The molecule has 0 amide bonds. The first-order valence-corrected chi connectivity index (χ1v) is 10.7. The van der Waals surface area contributed by atoms with E-state index in [1.807, 2.05) is 60.7 Å². The Kier molecular flexibility index (Phi) is 7.28. The lowest BCUT2D eigenvalue weighted by Crippen LogP contribution is -1.86. The number of nitrogens with zero attached hydrogens (tertiary/aromatic N) is 2. The van der Waals surface area contributed by atoms with E-state index < -0.39 is 0 Å². The molecule has 0 fully saturated rings. The second kappa shape index (κ2) is 10.9. The van der Waals surface area contributed by atoms with Crippen molar-refractivity contribution in [1.82, 2.24) is 0 Å². The van der Waals surface area contributed by atoms with Crippen molar-refractivity contribution < 1.29 is 24.4 Å². The van der Waals surface area contributed by atoms with Gasteiger partial charge < -0.3 is 24.4 Å². The first kappa shape index (κ1) is 23.4. The van der Waals surface area contributed by atoms with E-state index in [1.54, 1.807) is 36.7 Å². The van der Waals surface area contributed by atoms with Crippen molar-refractivity contribution >= 4 is 23.8 Å². The van der Waals surface area contributed by atoms with Crippen LogP contribution in [0.15, 0.2) is 94.9 Å². The molecule has 4 rings (SSSR count). The van der Waals surface area contributed by atoms with Crippen LogP contribution in [0.5, 0.6) is 34.5 Å². The largest absolute Gasteiger partial charge is 0.504 e. The number of ether oxygens (including phenoxy) is 3. The molecular weight excluding hydrogens is 444 g/mol. The molecule has 0 saturated heterocycles. The van der Waals surface area contributed by atoms with E-state index in [1.165, 1.54) is 14.2 Å². The minimum atomic E-state index is 0.0666. The van der Waals surface area contributed by atoms with Crippen LogP contribution in [0.2, 0.25) is 0 Å². The molecule has 35 heavy (non-hydrogen) atoms. The Morgan fingerprint density at radius 3 is 1.31 bits per heavy atom. The average molecular weight is 469 g/mol. The number of hydrogen-bond donors (Lipinski definition) is 2. The van der Waals surface area contributed by atoms with Gasteiger partial charge in [-0.05, 0) is 96.1 Å². The molecule has 0 atom stereocenters. The van der Waals surface area contributed by atoms with Crippen molar-refractivity contribution in [2.45, 2.75) is 0 Å². The highest BCUT2D eigenvalue weighted by atomic mass is 16.5. The number of phenolic OH excluding ortho intramolecular Hbond substituents is 2. The topological polar surface area (TPSA) is 92.9 Å². The summed E-state index contributed by atoms with van der Waals surface area (Å²) in [5.74, 6) is 2.32. The minimum absolute atomic E-state index is 0.0666. The number of rotatable bonds is 8. The summed E-state index contributed by atoms with van der Waals surface area (Å²) in [7, 11) is 3.01. The highest BCUT2D eigenvalue weighted by Crippen LogP contribution is 2.28. The Labute approximate surface area is 203 Å². The molecule has 7 nitrogen and oxygen atoms in total. The summed E-state index contributed by atoms with van der Waals surface area (Å²) in [6, 6.07) is 24.9. The normalized spacial score (nSPS) is 11.1. The molecule has 0 aliphatic heterocycles. The van der Waals surface area contributed by atoms with Crippen LogP contribution in [0.25, 0.3) is 0 Å². The van der Waals surface area contributed by atoms with Crippen LogP contribution in [0.4, 0.5) is 11.4 Å². The maximum absolute atomic E-state index is 9.87. The molecule has 176 valence electrons. The molecule has 0 heterocycles. The Morgan fingerprint density at radius 2 is 0.971 bits per heavy atom. The van der Waals surface area contributed by atoms with Gasteiger partial charge in [-0.2, -0.15) is 0 Å². The zero-order chi connectivity index (χ0) is 24.6. The molecule has 7 heteroatoms. The number of hydrogen-bond acceptors (Lipinski definition) is 7. The van der Waals surface area contributed by atoms with Gasteiger partial charge in [0.2, 0.25) is 0 Å². The summed E-state index contributed by atoms with van der Waals surface area (Å²) in [6.07, 6.45) is 3.34. The van der Waals surface area contributed by atoms with E-state index in [0.717, 1.165) is 22.5 Å². The molecule has 0 radical (unpaired) electrons. The van der Waals surface area contributed by atoms with Crippen molar-refractivity contribution in [3.8, 4) is 34.5 Å². The van der Waals surface area contributed by atoms with Gasteiger partial charge in [0.15, 0.2) is 23.0 Å². The molecule has 4 aromatic rings. The highest BCUT2D eigenvalue weighted by molar-refractivity contribution is 5.83. The van der Waals surface area contributed by atoms with Gasteiger partial charge in [0.05, 0.1) is 25.6 Å². The van der Waals surface area contributed by atoms with Crippen LogP contribution >= 0.6 is 0 Å². The van der Waals surface area contributed by atoms with Crippen molar-refractivity contribution in [2.24, 2.45) is 9.98 Å². The van der Waals surface area contributed by atoms with Crippen LogP contribution in [-0.4, -0.2) is 36.9 Å². The SMILES string of the molecule is COc1ccc(C=Nc2ccc(Oc3ccc(N=Cc4ccc(OC)c(O)c4)cc3)cc2)cc1O. The van der Waals surface area contributed by atoms with E-state index in [9.17, 15) is 10.2 Å². The van der Waals surface area contributed by atoms with E-state index >= 15 is 0 Å². The van der Waals surface area contributed by atoms with Crippen LogP contribution in [0, 0.1) is 0 Å². The third kappa shape index (κ3) is 6.17. The summed E-state index contributed by atoms with van der Waals surface area (Å²) >= 11 is 0. The molecular formula is C28H24N2O5. The molecule has 4 aromatic carbocycles. The first-order valence-electron chi connectivity index (χ1n) is 10.7. The molecule has 0 aliphatic rings. The standard InChI is InChI=1S/C28H24N2O5/c1-33-27-13-3-19(15-25(27)31)17-29-21-5-9-23(10-6-21)35-24-11-7-22(8-12-24)30-18-20-4-14-28(34-2)26(32)16-20/h3-18,31-32H,1-2H3. The molecule has 0 aromatic heterocycles. The molecule has 0 spiro atoms. The van der Waals surface area contributed by atoms with Gasteiger partial charge >= 0.3 is 0 Å². The van der Waals surface area contributed by atoms with Gasteiger partial charge in [-0.15, -0.1) is 0 Å². The summed E-state index contributed by atoms with van der Waals surface area (Å²) < 4.78 is 16.0. The predicted octanol–water partition coefficient (Wildman–Crippen LogP) is 6.41. The van der Waals surface area contributed by atoms with Gasteiger partial charge in [0.1, 0.15) is 11.5 Å². The minimum Gasteiger partial charge on any atom is -0.504 e. The van der Waals surface area contributed by atoms with Gasteiger partial charge in [0, 0.05) is 12.4 Å². The third-order valence-electron chi connectivity index (χ3n) is 5.04. The maximum Gasteiger partial charge on any atom is 0.160 e.